The molecule has 0 radical (unpaired) electrons. The van der Waals surface area contributed by atoms with E-state index < -0.39 is 0 Å². The highest BCUT2D eigenvalue weighted by molar-refractivity contribution is 14.1. The molecule has 0 aliphatic heterocycles. The van der Waals surface area contributed by atoms with Crippen LogP contribution < -0.4 is 0 Å². The maximum Gasteiger partial charge on any atom is 0.191 e. The van der Waals surface area contributed by atoms with Crippen LogP contribution in [0.15, 0.2) is 10.7 Å². The van der Waals surface area contributed by atoms with Crippen molar-refractivity contribution in [1.82, 2.24) is 9.97 Å². The van der Waals surface area contributed by atoms with Crippen LogP contribution in [0.5, 0.6) is 0 Å². The fourth-order valence-electron chi connectivity index (χ4n) is 0.964. The molecule has 2 aromatic rings. The third kappa shape index (κ3) is 1.09. The molecule has 2 heterocycles. The van der Waals surface area contributed by atoms with Crippen molar-refractivity contribution in [1.29, 1.82) is 0 Å². The second kappa shape index (κ2) is 2.85. The van der Waals surface area contributed by atoms with Crippen molar-refractivity contribution < 1.29 is 4.42 Å². The van der Waals surface area contributed by atoms with Crippen molar-refractivity contribution in [2.75, 3.05) is 0 Å². The monoisotopic (exact) mass is 294 g/mol. The van der Waals surface area contributed by atoms with Gasteiger partial charge in [-0.15, -0.1) is 0 Å². The zero-order valence-electron chi connectivity index (χ0n) is 6.14. The normalized spacial score (nSPS) is 10.9. The summed E-state index contributed by atoms with van der Waals surface area (Å²) in [6.45, 7) is 1.87. The lowest BCUT2D eigenvalue weighted by molar-refractivity contribution is 0.574. The largest absolute Gasteiger partial charge is 0.455 e. The van der Waals surface area contributed by atoms with Crippen LogP contribution >= 0.6 is 34.2 Å². The van der Waals surface area contributed by atoms with Gasteiger partial charge in [0, 0.05) is 0 Å². The molecule has 2 aromatic heterocycles. The lowest BCUT2D eigenvalue weighted by Gasteiger charge is -1.87. The molecule has 0 spiro atoms. The molecule has 0 bridgehead atoms. The number of hydrogen-bond acceptors (Lipinski definition) is 3. The zero-order chi connectivity index (χ0) is 8.72. The Kier molecular flexibility index (Phi) is 1.96. The Labute approximate surface area is 87.3 Å². The Morgan fingerprint density at radius 1 is 1.50 bits per heavy atom. The summed E-state index contributed by atoms with van der Waals surface area (Å²) >= 11 is 7.97. The van der Waals surface area contributed by atoms with E-state index in [0.29, 0.717) is 10.7 Å². The molecule has 0 saturated carbocycles. The van der Waals surface area contributed by atoms with E-state index in [0.717, 1.165) is 14.8 Å². The van der Waals surface area contributed by atoms with E-state index in [4.69, 9.17) is 16.0 Å². The molecule has 0 atom stereocenters. The Bertz CT molecular complexity index is 440. The second-order valence-electron chi connectivity index (χ2n) is 2.31. The summed E-state index contributed by atoms with van der Waals surface area (Å²) < 4.78 is 6.36. The minimum absolute atomic E-state index is 0.367. The Hall–Kier alpha value is -0.360. The van der Waals surface area contributed by atoms with E-state index in [-0.39, 0.29) is 0 Å². The number of halogens is 2. The van der Waals surface area contributed by atoms with Gasteiger partial charge in [-0.2, -0.15) is 0 Å². The molecule has 0 N–H and O–H groups in total. The van der Waals surface area contributed by atoms with Crippen LogP contribution in [-0.4, -0.2) is 9.97 Å². The van der Waals surface area contributed by atoms with Crippen molar-refractivity contribution >= 4 is 45.3 Å². The first-order valence-corrected chi connectivity index (χ1v) is 4.71. The van der Waals surface area contributed by atoms with E-state index in [1.807, 2.05) is 6.92 Å². The molecule has 0 unspecified atom stereocenters. The predicted octanol–water partition coefficient (Wildman–Crippen LogP) is 2.79. The van der Waals surface area contributed by atoms with Crippen molar-refractivity contribution in [3.8, 4) is 0 Å². The van der Waals surface area contributed by atoms with Gasteiger partial charge >= 0.3 is 0 Å². The first-order chi connectivity index (χ1) is 5.70. The molecule has 3 nitrogen and oxygen atoms in total. The fourth-order valence-corrected chi connectivity index (χ4v) is 1.63. The number of aryl methyl sites for hydroxylation is 1. The highest BCUT2D eigenvalue weighted by atomic mass is 127. The van der Waals surface area contributed by atoms with Crippen LogP contribution in [0.4, 0.5) is 0 Å². The second-order valence-corrected chi connectivity index (χ2v) is 3.75. The highest BCUT2D eigenvalue weighted by Gasteiger charge is 2.12. The summed E-state index contributed by atoms with van der Waals surface area (Å²) in [5, 5.41) is 0.367. The molecule has 0 aliphatic rings. The van der Waals surface area contributed by atoms with Gasteiger partial charge in [-0.25, -0.2) is 9.97 Å². The van der Waals surface area contributed by atoms with E-state index >= 15 is 0 Å². The zero-order valence-corrected chi connectivity index (χ0v) is 9.05. The molecule has 0 aromatic carbocycles. The van der Waals surface area contributed by atoms with Gasteiger partial charge in [0.15, 0.2) is 10.7 Å². The van der Waals surface area contributed by atoms with Gasteiger partial charge in [0.05, 0.1) is 3.57 Å². The SMILES string of the molecule is Cc1oc2c(Cl)ncnc2c1I. The van der Waals surface area contributed by atoms with Gasteiger partial charge in [0.25, 0.3) is 0 Å². The standard InChI is InChI=1S/C7H4ClIN2O/c1-3-4(9)5-6(12-3)7(8)11-2-10-5/h2H,1H3. The van der Waals surface area contributed by atoms with Gasteiger partial charge < -0.3 is 4.42 Å². The third-order valence-corrected chi connectivity index (χ3v) is 3.07. The van der Waals surface area contributed by atoms with Crippen LogP contribution in [-0.2, 0) is 0 Å². The van der Waals surface area contributed by atoms with Crippen molar-refractivity contribution in [3.05, 3.63) is 20.8 Å². The molecular weight excluding hydrogens is 290 g/mol. The maximum absolute atomic E-state index is 5.79. The first kappa shape index (κ1) is 8.25. The van der Waals surface area contributed by atoms with E-state index in [1.54, 1.807) is 0 Å². The lowest BCUT2D eigenvalue weighted by Crippen LogP contribution is -1.80. The fraction of sp³-hybridized carbons (Fsp3) is 0.143. The smallest absolute Gasteiger partial charge is 0.191 e. The quantitative estimate of drug-likeness (QED) is 0.554. The van der Waals surface area contributed by atoms with Gasteiger partial charge in [-0.3, -0.25) is 0 Å². The third-order valence-electron chi connectivity index (χ3n) is 1.53. The summed E-state index contributed by atoms with van der Waals surface area (Å²) in [5.74, 6) is 0.827. The van der Waals surface area contributed by atoms with Gasteiger partial charge in [0.2, 0.25) is 0 Å². The van der Waals surface area contributed by atoms with E-state index in [2.05, 4.69) is 32.6 Å². The molecule has 2 rings (SSSR count). The Balaban J connectivity index is 2.95. The van der Waals surface area contributed by atoms with Crippen LogP contribution in [0.2, 0.25) is 5.15 Å². The number of furan rings is 1. The number of hydrogen-bond donors (Lipinski definition) is 0. The average Bonchev–Trinajstić information content (AvgIpc) is 2.32. The van der Waals surface area contributed by atoms with Crippen molar-refractivity contribution in [3.63, 3.8) is 0 Å². The number of rotatable bonds is 0. The number of nitrogens with zero attached hydrogens (tertiary/aromatic N) is 2. The topological polar surface area (TPSA) is 38.9 Å². The average molecular weight is 294 g/mol. The minimum Gasteiger partial charge on any atom is -0.455 e. The summed E-state index contributed by atoms with van der Waals surface area (Å²) in [7, 11) is 0. The van der Waals surface area contributed by atoms with E-state index in [1.165, 1.54) is 6.33 Å². The minimum atomic E-state index is 0.367. The molecular formula is C7H4ClIN2O. The first-order valence-electron chi connectivity index (χ1n) is 3.25. The summed E-state index contributed by atoms with van der Waals surface area (Å²) in [6.07, 6.45) is 1.43. The van der Waals surface area contributed by atoms with Crippen LogP contribution in [0, 0.1) is 10.5 Å². The van der Waals surface area contributed by atoms with Gasteiger partial charge in [0.1, 0.15) is 17.6 Å². The molecule has 0 aliphatic carbocycles. The number of fused-ring (bicyclic) bond motifs is 1. The number of aromatic nitrogens is 2. The maximum atomic E-state index is 5.79. The summed E-state index contributed by atoms with van der Waals surface area (Å²) in [6, 6.07) is 0. The molecule has 0 saturated heterocycles. The molecule has 12 heavy (non-hydrogen) atoms. The lowest BCUT2D eigenvalue weighted by atomic mass is 10.4. The molecule has 62 valence electrons. The highest BCUT2D eigenvalue weighted by Crippen LogP contribution is 2.28. The van der Waals surface area contributed by atoms with Crippen LogP contribution in [0.25, 0.3) is 11.1 Å². The van der Waals surface area contributed by atoms with Crippen LogP contribution in [0.3, 0.4) is 0 Å². The molecule has 0 amide bonds. The Morgan fingerprint density at radius 2 is 2.25 bits per heavy atom. The van der Waals surface area contributed by atoms with Crippen LogP contribution in [0.1, 0.15) is 5.76 Å². The van der Waals surface area contributed by atoms with Gasteiger partial charge in [-0.05, 0) is 29.5 Å². The Morgan fingerprint density at radius 3 is 2.92 bits per heavy atom. The molecule has 5 heteroatoms. The predicted molar refractivity (Wildman–Crippen MR) is 54.3 cm³/mol. The van der Waals surface area contributed by atoms with Crippen molar-refractivity contribution in [2.24, 2.45) is 0 Å². The summed E-state index contributed by atoms with van der Waals surface area (Å²) in [4.78, 5) is 7.88. The van der Waals surface area contributed by atoms with E-state index in [9.17, 15) is 0 Å². The van der Waals surface area contributed by atoms with Gasteiger partial charge in [-0.1, -0.05) is 11.6 Å². The van der Waals surface area contributed by atoms with Crippen molar-refractivity contribution in [2.45, 2.75) is 6.92 Å². The molecule has 0 fully saturated rings. The summed E-state index contributed by atoms with van der Waals surface area (Å²) in [5.41, 5.74) is 1.36.